The lowest BCUT2D eigenvalue weighted by molar-refractivity contribution is -0.120. The number of Topliss-reactive ketones (excluding diaryl/α,β-unsaturated/α-hetero) is 1. The molecule has 3 nitrogen and oxygen atoms in total. The van der Waals surface area contributed by atoms with Gasteiger partial charge in [-0.3, -0.25) is 9.69 Å². The van der Waals surface area contributed by atoms with Crippen molar-refractivity contribution in [1.29, 1.82) is 0 Å². The third-order valence-corrected chi connectivity index (χ3v) is 2.03. The Bertz CT molecular complexity index is 146. The van der Waals surface area contributed by atoms with Crippen molar-refractivity contribution < 1.29 is 9.90 Å². The van der Waals surface area contributed by atoms with E-state index >= 15 is 0 Å². The summed E-state index contributed by atoms with van der Waals surface area (Å²) in [6.45, 7) is 7.27. The zero-order chi connectivity index (χ0) is 10.3. The fraction of sp³-hybridized carbons (Fsp3) is 0.900. The zero-order valence-electron chi connectivity index (χ0n) is 8.92. The first-order valence-corrected chi connectivity index (χ1v) is 4.98. The molecule has 0 heterocycles. The van der Waals surface area contributed by atoms with Gasteiger partial charge in [0.2, 0.25) is 0 Å². The van der Waals surface area contributed by atoms with Gasteiger partial charge in [-0.1, -0.05) is 6.92 Å². The lowest BCUT2D eigenvalue weighted by Crippen LogP contribution is -2.37. The highest BCUT2D eigenvalue weighted by Crippen LogP contribution is 1.99. The molecule has 0 aliphatic carbocycles. The van der Waals surface area contributed by atoms with Crippen molar-refractivity contribution in [3.63, 3.8) is 0 Å². The Morgan fingerprint density at radius 1 is 1.46 bits per heavy atom. The molecule has 0 saturated carbocycles. The number of aliphatic hydroxyl groups is 1. The summed E-state index contributed by atoms with van der Waals surface area (Å²) >= 11 is 0. The Kier molecular flexibility index (Phi) is 6.82. The first kappa shape index (κ1) is 12.6. The average Bonchev–Trinajstić information content (AvgIpc) is 2.04. The van der Waals surface area contributed by atoms with Crippen molar-refractivity contribution in [2.45, 2.75) is 39.7 Å². The van der Waals surface area contributed by atoms with E-state index in [9.17, 15) is 4.79 Å². The highest BCUT2D eigenvalue weighted by molar-refractivity contribution is 5.80. The quantitative estimate of drug-likeness (QED) is 0.648. The summed E-state index contributed by atoms with van der Waals surface area (Å²) < 4.78 is 0. The van der Waals surface area contributed by atoms with Gasteiger partial charge in [0.05, 0.1) is 13.2 Å². The van der Waals surface area contributed by atoms with Crippen molar-refractivity contribution in [3.05, 3.63) is 0 Å². The fourth-order valence-electron chi connectivity index (χ4n) is 1.23. The molecule has 0 saturated heterocycles. The molecule has 0 unspecified atom stereocenters. The molecule has 0 aliphatic rings. The maximum atomic E-state index is 11.3. The second-order valence-electron chi connectivity index (χ2n) is 3.58. The van der Waals surface area contributed by atoms with Crippen LogP contribution in [0.25, 0.3) is 0 Å². The first-order valence-electron chi connectivity index (χ1n) is 4.98. The molecule has 0 rings (SSSR count). The van der Waals surface area contributed by atoms with Crippen LogP contribution in [-0.4, -0.2) is 41.5 Å². The van der Waals surface area contributed by atoms with E-state index in [1.807, 2.05) is 25.7 Å². The minimum Gasteiger partial charge on any atom is -0.395 e. The van der Waals surface area contributed by atoms with E-state index in [-0.39, 0.29) is 12.4 Å². The fourth-order valence-corrected chi connectivity index (χ4v) is 1.23. The number of hydrogen-bond acceptors (Lipinski definition) is 3. The van der Waals surface area contributed by atoms with Crippen molar-refractivity contribution in [1.82, 2.24) is 4.90 Å². The van der Waals surface area contributed by atoms with Gasteiger partial charge in [0.1, 0.15) is 5.78 Å². The molecule has 0 aromatic heterocycles. The number of rotatable bonds is 7. The van der Waals surface area contributed by atoms with E-state index in [1.165, 1.54) is 0 Å². The van der Waals surface area contributed by atoms with Crippen LogP contribution >= 0.6 is 0 Å². The Hall–Kier alpha value is -0.410. The molecular weight excluding hydrogens is 166 g/mol. The molecule has 0 aromatic rings. The predicted octanol–water partition coefficient (Wildman–Crippen LogP) is 1.06. The number of ketones is 1. The van der Waals surface area contributed by atoms with Crippen LogP contribution in [0.3, 0.4) is 0 Å². The van der Waals surface area contributed by atoms with Crippen LogP contribution in [0, 0.1) is 0 Å². The third kappa shape index (κ3) is 5.77. The van der Waals surface area contributed by atoms with Crippen LogP contribution < -0.4 is 0 Å². The topological polar surface area (TPSA) is 40.5 Å². The van der Waals surface area contributed by atoms with Crippen LogP contribution in [0.4, 0.5) is 0 Å². The van der Waals surface area contributed by atoms with Gasteiger partial charge in [-0.25, -0.2) is 0 Å². The normalized spacial score (nSPS) is 11.2. The van der Waals surface area contributed by atoms with Gasteiger partial charge in [0.15, 0.2) is 0 Å². The number of aliphatic hydroxyl groups excluding tert-OH is 1. The number of carbonyl (C=O) groups excluding carboxylic acids is 1. The van der Waals surface area contributed by atoms with Crippen molar-refractivity contribution in [2.24, 2.45) is 0 Å². The number of nitrogens with zero attached hydrogens (tertiary/aromatic N) is 1. The SMILES string of the molecule is CCCC(=O)CN(CCO)C(C)C. The Balaban J connectivity index is 3.86. The molecular formula is C10H21NO2. The van der Waals surface area contributed by atoms with Gasteiger partial charge in [-0.2, -0.15) is 0 Å². The lowest BCUT2D eigenvalue weighted by Gasteiger charge is -2.24. The van der Waals surface area contributed by atoms with Crippen molar-refractivity contribution in [3.8, 4) is 0 Å². The van der Waals surface area contributed by atoms with Gasteiger partial charge in [0.25, 0.3) is 0 Å². The summed E-state index contributed by atoms with van der Waals surface area (Å²) in [6.07, 6.45) is 1.55. The molecule has 0 aliphatic heterocycles. The Morgan fingerprint density at radius 3 is 2.46 bits per heavy atom. The summed E-state index contributed by atoms with van der Waals surface area (Å²) in [7, 11) is 0. The molecule has 78 valence electrons. The van der Waals surface area contributed by atoms with E-state index in [1.54, 1.807) is 0 Å². The summed E-state index contributed by atoms with van der Waals surface area (Å²) in [6, 6.07) is 0.327. The second kappa shape index (κ2) is 7.04. The standard InChI is InChI=1S/C10H21NO2/c1-4-5-10(13)8-11(6-7-12)9(2)3/h9,12H,4-8H2,1-3H3. The van der Waals surface area contributed by atoms with Crippen molar-refractivity contribution >= 4 is 5.78 Å². The highest BCUT2D eigenvalue weighted by atomic mass is 16.3. The van der Waals surface area contributed by atoms with Crippen LogP contribution in [0.2, 0.25) is 0 Å². The maximum absolute atomic E-state index is 11.3. The van der Waals surface area contributed by atoms with E-state index < -0.39 is 0 Å². The van der Waals surface area contributed by atoms with Crippen LogP contribution in [0.1, 0.15) is 33.6 Å². The number of carbonyl (C=O) groups is 1. The first-order chi connectivity index (χ1) is 6.11. The van der Waals surface area contributed by atoms with E-state index in [4.69, 9.17) is 5.11 Å². The molecule has 0 amide bonds. The van der Waals surface area contributed by atoms with E-state index in [0.29, 0.717) is 25.6 Å². The average molecular weight is 187 g/mol. The van der Waals surface area contributed by atoms with Crippen LogP contribution in [0.5, 0.6) is 0 Å². The summed E-state index contributed by atoms with van der Waals surface area (Å²) in [5, 5.41) is 8.78. The monoisotopic (exact) mass is 187 g/mol. The zero-order valence-corrected chi connectivity index (χ0v) is 8.92. The molecule has 0 spiro atoms. The Morgan fingerprint density at radius 2 is 2.08 bits per heavy atom. The van der Waals surface area contributed by atoms with E-state index in [2.05, 4.69) is 0 Å². The van der Waals surface area contributed by atoms with Gasteiger partial charge >= 0.3 is 0 Å². The lowest BCUT2D eigenvalue weighted by atomic mass is 10.2. The summed E-state index contributed by atoms with van der Waals surface area (Å²) in [5.74, 6) is 0.268. The van der Waals surface area contributed by atoms with Gasteiger partial charge in [-0.15, -0.1) is 0 Å². The van der Waals surface area contributed by atoms with Gasteiger partial charge in [0, 0.05) is 19.0 Å². The minimum absolute atomic E-state index is 0.123. The highest BCUT2D eigenvalue weighted by Gasteiger charge is 2.12. The molecule has 0 atom stereocenters. The molecule has 13 heavy (non-hydrogen) atoms. The van der Waals surface area contributed by atoms with Gasteiger partial charge < -0.3 is 5.11 Å². The van der Waals surface area contributed by atoms with Gasteiger partial charge in [-0.05, 0) is 20.3 Å². The van der Waals surface area contributed by atoms with Crippen molar-refractivity contribution in [2.75, 3.05) is 19.7 Å². The molecule has 3 heteroatoms. The smallest absolute Gasteiger partial charge is 0.146 e. The molecule has 0 bridgehead atoms. The molecule has 0 fully saturated rings. The molecule has 0 radical (unpaired) electrons. The maximum Gasteiger partial charge on any atom is 0.146 e. The van der Waals surface area contributed by atoms with E-state index in [0.717, 1.165) is 6.42 Å². The number of hydrogen-bond donors (Lipinski definition) is 1. The summed E-state index contributed by atoms with van der Waals surface area (Å²) in [5.41, 5.74) is 0. The molecule has 0 aromatic carbocycles. The largest absolute Gasteiger partial charge is 0.395 e. The van der Waals surface area contributed by atoms with Crippen LogP contribution in [-0.2, 0) is 4.79 Å². The second-order valence-corrected chi connectivity index (χ2v) is 3.58. The predicted molar refractivity (Wildman–Crippen MR) is 53.7 cm³/mol. The third-order valence-electron chi connectivity index (χ3n) is 2.03. The molecule has 1 N–H and O–H groups in total. The minimum atomic E-state index is 0.123. The summed E-state index contributed by atoms with van der Waals surface area (Å²) in [4.78, 5) is 13.3. The Labute approximate surface area is 80.7 Å². The van der Waals surface area contributed by atoms with Crippen LogP contribution in [0.15, 0.2) is 0 Å².